The van der Waals surface area contributed by atoms with Crippen LogP contribution in [0.5, 0.6) is 0 Å². The highest BCUT2D eigenvalue weighted by molar-refractivity contribution is 8.22. The molecule has 5 nitrogen and oxygen atoms in total. The molecular weight excluding hydrogens is 284 g/mol. The number of rotatable bonds is 5. The Kier molecular flexibility index (Phi) is 4.36. The topological polar surface area (TPSA) is 86.2 Å². The molecule has 1 saturated heterocycles. The van der Waals surface area contributed by atoms with Crippen molar-refractivity contribution >= 4 is 29.4 Å². The fourth-order valence-corrected chi connectivity index (χ4v) is 5.44. The van der Waals surface area contributed by atoms with E-state index in [0.717, 1.165) is 17.1 Å². The zero-order valence-electron chi connectivity index (χ0n) is 10.2. The van der Waals surface area contributed by atoms with Crippen molar-refractivity contribution in [2.24, 2.45) is 5.73 Å². The summed E-state index contributed by atoms with van der Waals surface area (Å²) in [5, 5.41) is 10.9. The number of nitrogens with zero attached hydrogens (tertiary/aromatic N) is 1. The number of benzene rings is 1. The third kappa shape index (κ3) is 2.87. The maximum Gasteiger partial charge on any atom is 0.244 e. The van der Waals surface area contributed by atoms with E-state index in [-0.39, 0.29) is 11.5 Å². The van der Waals surface area contributed by atoms with Crippen LogP contribution >= 0.6 is 23.5 Å². The quantitative estimate of drug-likeness (QED) is 0.660. The zero-order valence-corrected chi connectivity index (χ0v) is 11.8. The van der Waals surface area contributed by atoms with E-state index in [9.17, 15) is 14.9 Å². The van der Waals surface area contributed by atoms with E-state index in [0.29, 0.717) is 0 Å². The second-order valence-electron chi connectivity index (χ2n) is 4.21. The van der Waals surface area contributed by atoms with Gasteiger partial charge < -0.3 is 5.73 Å². The van der Waals surface area contributed by atoms with Crippen LogP contribution < -0.4 is 5.73 Å². The molecule has 0 radical (unpaired) electrons. The van der Waals surface area contributed by atoms with Gasteiger partial charge in [-0.15, -0.1) is 23.5 Å². The zero-order chi connectivity index (χ0) is 13.9. The second-order valence-corrected chi connectivity index (χ2v) is 7.15. The van der Waals surface area contributed by atoms with Gasteiger partial charge in [0.25, 0.3) is 0 Å². The third-order valence-electron chi connectivity index (χ3n) is 3.05. The lowest BCUT2D eigenvalue weighted by Gasteiger charge is -2.30. The predicted octanol–water partition coefficient (Wildman–Crippen LogP) is 1.71. The molecule has 1 aromatic carbocycles. The Bertz CT molecular complexity index is 475. The first-order chi connectivity index (χ1) is 9.06. The molecule has 1 atom stereocenters. The number of nitro groups is 1. The van der Waals surface area contributed by atoms with Crippen molar-refractivity contribution < 1.29 is 9.72 Å². The standard InChI is InChI=1S/C12H14N2O3S2/c13-11(15)12(18-6-7-19-12)10(8-14(16)17)9-4-2-1-3-5-9/h1-5,10H,6-8H2,(H2,13,15)/t10-/m0/s1. The molecule has 0 spiro atoms. The van der Waals surface area contributed by atoms with E-state index < -0.39 is 15.9 Å². The molecular formula is C12H14N2O3S2. The lowest BCUT2D eigenvalue weighted by Crippen LogP contribution is -2.44. The highest BCUT2D eigenvalue weighted by Gasteiger charge is 2.51. The van der Waals surface area contributed by atoms with Crippen molar-refractivity contribution in [3.8, 4) is 0 Å². The second kappa shape index (κ2) is 5.83. The molecule has 1 aliphatic rings. The van der Waals surface area contributed by atoms with Gasteiger partial charge in [-0.3, -0.25) is 14.9 Å². The van der Waals surface area contributed by atoms with Crippen molar-refractivity contribution in [3.63, 3.8) is 0 Å². The summed E-state index contributed by atoms with van der Waals surface area (Å²) in [6.45, 7) is -0.285. The fraction of sp³-hybridized carbons (Fsp3) is 0.417. The van der Waals surface area contributed by atoms with Crippen molar-refractivity contribution in [2.45, 2.75) is 10.00 Å². The highest BCUT2D eigenvalue weighted by Crippen LogP contribution is 2.52. The van der Waals surface area contributed by atoms with Crippen molar-refractivity contribution in [1.29, 1.82) is 0 Å². The minimum atomic E-state index is -0.922. The maximum absolute atomic E-state index is 11.9. The Morgan fingerprint density at radius 3 is 2.42 bits per heavy atom. The van der Waals surface area contributed by atoms with Crippen LogP contribution in [0.3, 0.4) is 0 Å². The molecule has 2 N–H and O–H groups in total. The van der Waals surface area contributed by atoms with Crippen LogP contribution in [0.1, 0.15) is 11.5 Å². The van der Waals surface area contributed by atoms with Gasteiger partial charge in [-0.05, 0) is 5.56 Å². The minimum absolute atomic E-state index is 0.285. The van der Waals surface area contributed by atoms with Crippen molar-refractivity contribution in [2.75, 3.05) is 18.1 Å². The van der Waals surface area contributed by atoms with Crippen LogP contribution in [0.2, 0.25) is 0 Å². The third-order valence-corrected chi connectivity index (χ3v) is 6.66. The van der Waals surface area contributed by atoms with Crippen molar-refractivity contribution in [3.05, 3.63) is 46.0 Å². The molecule has 1 fully saturated rings. The molecule has 1 heterocycles. The average Bonchev–Trinajstić information content (AvgIpc) is 2.87. The van der Waals surface area contributed by atoms with Gasteiger partial charge in [0.15, 0.2) is 4.08 Å². The summed E-state index contributed by atoms with van der Waals surface area (Å²) < 4.78 is -0.922. The van der Waals surface area contributed by atoms with Gasteiger partial charge in [-0.2, -0.15) is 0 Å². The van der Waals surface area contributed by atoms with Crippen LogP contribution in [-0.2, 0) is 4.79 Å². The molecule has 1 amide bonds. The number of thioether (sulfide) groups is 2. The van der Waals surface area contributed by atoms with E-state index in [1.54, 1.807) is 0 Å². The van der Waals surface area contributed by atoms with Gasteiger partial charge in [0.05, 0.1) is 5.92 Å². The van der Waals surface area contributed by atoms with Gasteiger partial charge in [0.2, 0.25) is 12.5 Å². The SMILES string of the molecule is NC(=O)C1([C@@H](C[N+](=O)[O-])c2ccccc2)SCCS1. The summed E-state index contributed by atoms with van der Waals surface area (Å²) in [4.78, 5) is 22.4. The van der Waals surface area contributed by atoms with E-state index in [1.165, 1.54) is 23.5 Å². The first-order valence-electron chi connectivity index (χ1n) is 5.81. The fourth-order valence-electron chi connectivity index (χ4n) is 2.22. The number of primary amides is 1. The van der Waals surface area contributed by atoms with Crippen molar-refractivity contribution in [1.82, 2.24) is 0 Å². The summed E-state index contributed by atoms with van der Waals surface area (Å²) in [5.74, 6) is 0.595. The summed E-state index contributed by atoms with van der Waals surface area (Å²) >= 11 is 2.85. The lowest BCUT2D eigenvalue weighted by atomic mass is 9.94. The number of hydrogen-bond donors (Lipinski definition) is 1. The molecule has 1 aliphatic heterocycles. The first-order valence-corrected chi connectivity index (χ1v) is 7.78. The Hall–Kier alpha value is -1.21. The average molecular weight is 298 g/mol. The van der Waals surface area contributed by atoms with Gasteiger partial charge in [0, 0.05) is 16.4 Å². The normalized spacial score (nSPS) is 18.9. The Morgan fingerprint density at radius 2 is 1.95 bits per heavy atom. The Balaban J connectivity index is 2.42. The molecule has 1 aromatic rings. The summed E-state index contributed by atoms with van der Waals surface area (Å²) in [7, 11) is 0. The molecule has 7 heteroatoms. The number of hydrogen-bond acceptors (Lipinski definition) is 5. The summed E-state index contributed by atoms with van der Waals surface area (Å²) in [5.41, 5.74) is 6.34. The maximum atomic E-state index is 11.9. The number of carbonyl (C=O) groups excluding carboxylic acids is 1. The minimum Gasteiger partial charge on any atom is -0.368 e. The van der Waals surface area contributed by atoms with E-state index in [4.69, 9.17) is 5.73 Å². The predicted molar refractivity (Wildman–Crippen MR) is 77.9 cm³/mol. The molecule has 19 heavy (non-hydrogen) atoms. The molecule has 2 rings (SSSR count). The van der Waals surface area contributed by atoms with Crippen LogP contribution in [0.4, 0.5) is 0 Å². The molecule has 0 unspecified atom stereocenters. The molecule has 0 aliphatic carbocycles. The molecule has 0 aromatic heterocycles. The number of carbonyl (C=O) groups is 1. The van der Waals surface area contributed by atoms with Crippen LogP contribution in [0.15, 0.2) is 30.3 Å². The highest BCUT2D eigenvalue weighted by atomic mass is 32.2. The number of amides is 1. The Morgan fingerprint density at radius 1 is 1.37 bits per heavy atom. The van der Waals surface area contributed by atoms with Crippen LogP contribution in [0.25, 0.3) is 0 Å². The van der Waals surface area contributed by atoms with Gasteiger partial charge in [-0.25, -0.2) is 0 Å². The molecule has 102 valence electrons. The lowest BCUT2D eigenvalue weighted by molar-refractivity contribution is -0.483. The molecule has 0 bridgehead atoms. The van der Waals surface area contributed by atoms with E-state index in [2.05, 4.69) is 0 Å². The molecule has 0 saturated carbocycles. The van der Waals surface area contributed by atoms with Crippen LogP contribution in [-0.4, -0.2) is 33.0 Å². The van der Waals surface area contributed by atoms with Crippen LogP contribution in [0, 0.1) is 10.1 Å². The smallest absolute Gasteiger partial charge is 0.244 e. The summed E-state index contributed by atoms with van der Waals surface area (Å²) in [6, 6.07) is 9.12. The van der Waals surface area contributed by atoms with Gasteiger partial charge in [0.1, 0.15) is 0 Å². The van der Waals surface area contributed by atoms with Gasteiger partial charge in [-0.1, -0.05) is 30.3 Å². The summed E-state index contributed by atoms with van der Waals surface area (Å²) in [6.07, 6.45) is 0. The van der Waals surface area contributed by atoms with E-state index in [1.807, 2.05) is 30.3 Å². The number of nitrogens with two attached hydrogens (primary N) is 1. The van der Waals surface area contributed by atoms with E-state index >= 15 is 0 Å². The Labute approximate surface area is 119 Å². The first kappa shape index (κ1) is 14.2. The monoisotopic (exact) mass is 298 g/mol. The van der Waals surface area contributed by atoms with Gasteiger partial charge >= 0.3 is 0 Å². The largest absolute Gasteiger partial charge is 0.368 e.